The van der Waals surface area contributed by atoms with Gasteiger partial charge >= 0.3 is 0 Å². The number of carbonyl (C=O) groups is 1. The van der Waals surface area contributed by atoms with Crippen LogP contribution in [0, 0.1) is 11.8 Å². The standard InChI is InChI=1S/C23H27NOS/c1-4-23(18-8-6-5-7-9-18)21-17(13-19-22(23)26-14-24-19)11-16(10-15(2)3)12-20(21)25/h5-9,14-16H,4,10-13H2,1-3H3/t16?,23-/m0/s1. The molecule has 0 amide bonds. The van der Waals surface area contributed by atoms with Crippen LogP contribution >= 0.6 is 11.3 Å². The van der Waals surface area contributed by atoms with Crippen LogP contribution in [0.4, 0.5) is 0 Å². The molecule has 26 heavy (non-hydrogen) atoms. The van der Waals surface area contributed by atoms with Gasteiger partial charge in [0.1, 0.15) is 0 Å². The molecule has 1 aromatic carbocycles. The first-order valence-electron chi connectivity index (χ1n) is 9.80. The summed E-state index contributed by atoms with van der Waals surface area (Å²) in [5, 5.41) is 0. The Balaban J connectivity index is 1.89. The number of hydrogen-bond acceptors (Lipinski definition) is 3. The molecule has 1 unspecified atom stereocenters. The number of nitrogens with zero attached hydrogens (tertiary/aromatic N) is 1. The molecule has 0 spiro atoms. The van der Waals surface area contributed by atoms with Gasteiger partial charge in [-0.1, -0.05) is 56.7 Å². The Hall–Kier alpha value is -1.74. The second kappa shape index (κ2) is 6.77. The number of carbonyl (C=O) groups excluding carboxylic acids is 1. The van der Waals surface area contributed by atoms with Gasteiger partial charge in [0.25, 0.3) is 0 Å². The number of hydrogen-bond donors (Lipinski definition) is 0. The van der Waals surface area contributed by atoms with Crippen LogP contribution < -0.4 is 0 Å². The van der Waals surface area contributed by atoms with E-state index in [0.717, 1.165) is 31.3 Å². The van der Waals surface area contributed by atoms with Crippen molar-refractivity contribution in [1.82, 2.24) is 4.98 Å². The van der Waals surface area contributed by atoms with Gasteiger partial charge in [-0.15, -0.1) is 11.3 Å². The van der Waals surface area contributed by atoms with Crippen LogP contribution in [0.5, 0.6) is 0 Å². The maximum atomic E-state index is 13.4. The molecule has 2 aliphatic rings. The molecule has 2 aliphatic carbocycles. The molecule has 0 saturated carbocycles. The van der Waals surface area contributed by atoms with Crippen molar-refractivity contribution in [3.63, 3.8) is 0 Å². The van der Waals surface area contributed by atoms with Crippen molar-refractivity contribution in [3.05, 3.63) is 63.1 Å². The maximum absolute atomic E-state index is 13.4. The summed E-state index contributed by atoms with van der Waals surface area (Å²) in [5.41, 5.74) is 6.56. The molecule has 0 aliphatic heterocycles. The fraction of sp³-hybridized carbons (Fsp3) is 0.478. The lowest BCUT2D eigenvalue weighted by molar-refractivity contribution is -0.117. The molecule has 1 aromatic heterocycles. The van der Waals surface area contributed by atoms with E-state index in [1.807, 2.05) is 5.51 Å². The molecular weight excluding hydrogens is 338 g/mol. The second-order valence-corrected chi connectivity index (χ2v) is 9.09. The Morgan fingerprint density at radius 2 is 2.00 bits per heavy atom. The van der Waals surface area contributed by atoms with E-state index in [1.165, 1.54) is 21.7 Å². The van der Waals surface area contributed by atoms with Crippen LogP contribution in [-0.4, -0.2) is 10.8 Å². The van der Waals surface area contributed by atoms with E-state index in [0.29, 0.717) is 24.0 Å². The highest BCUT2D eigenvalue weighted by Gasteiger charge is 2.48. The number of thiazole rings is 1. The van der Waals surface area contributed by atoms with Gasteiger partial charge < -0.3 is 0 Å². The van der Waals surface area contributed by atoms with E-state index in [9.17, 15) is 4.79 Å². The topological polar surface area (TPSA) is 30.0 Å². The Bertz CT molecular complexity index is 848. The average molecular weight is 366 g/mol. The molecule has 0 saturated heterocycles. The van der Waals surface area contributed by atoms with Gasteiger partial charge in [-0.2, -0.15) is 0 Å². The van der Waals surface area contributed by atoms with Crippen LogP contribution in [-0.2, 0) is 16.6 Å². The molecule has 0 N–H and O–H groups in total. The smallest absolute Gasteiger partial charge is 0.160 e. The lowest BCUT2D eigenvalue weighted by Crippen LogP contribution is -2.40. The number of ketones is 1. The number of benzene rings is 1. The lowest BCUT2D eigenvalue weighted by Gasteiger charge is -2.43. The monoisotopic (exact) mass is 365 g/mol. The minimum absolute atomic E-state index is 0.300. The Morgan fingerprint density at radius 3 is 2.69 bits per heavy atom. The molecule has 1 heterocycles. The van der Waals surface area contributed by atoms with Crippen LogP contribution in [0.25, 0.3) is 0 Å². The van der Waals surface area contributed by atoms with E-state index in [-0.39, 0.29) is 5.41 Å². The van der Waals surface area contributed by atoms with E-state index in [4.69, 9.17) is 4.98 Å². The van der Waals surface area contributed by atoms with Crippen molar-refractivity contribution in [3.8, 4) is 0 Å². The molecule has 2 aromatic rings. The summed E-state index contributed by atoms with van der Waals surface area (Å²) in [6.45, 7) is 6.74. The van der Waals surface area contributed by atoms with Crippen molar-refractivity contribution >= 4 is 17.1 Å². The Kier molecular flexibility index (Phi) is 4.60. The normalized spacial score (nSPS) is 25.4. The molecule has 4 rings (SSSR count). The summed E-state index contributed by atoms with van der Waals surface area (Å²) in [6, 6.07) is 10.6. The molecule has 136 valence electrons. The molecule has 3 heteroatoms. The van der Waals surface area contributed by atoms with E-state index in [1.54, 1.807) is 11.3 Å². The number of Topliss-reactive ketones (excluding diaryl/α,β-unsaturated/α-hetero) is 1. The minimum Gasteiger partial charge on any atom is -0.294 e. The highest BCUT2D eigenvalue weighted by Crippen LogP contribution is 2.53. The van der Waals surface area contributed by atoms with Gasteiger partial charge in [0.15, 0.2) is 5.78 Å². The highest BCUT2D eigenvalue weighted by molar-refractivity contribution is 7.10. The van der Waals surface area contributed by atoms with Crippen LogP contribution in [0.2, 0.25) is 0 Å². The minimum atomic E-state index is -0.300. The van der Waals surface area contributed by atoms with E-state index < -0.39 is 0 Å². The SMILES string of the molecule is CC[C@]1(c2ccccc2)C2=C(Cc3ncsc31)CC(CC(C)C)CC2=O. The van der Waals surface area contributed by atoms with Crippen molar-refractivity contribution < 1.29 is 4.79 Å². The third-order valence-corrected chi connectivity index (χ3v) is 7.11. The van der Waals surface area contributed by atoms with E-state index >= 15 is 0 Å². The average Bonchev–Trinajstić information content (AvgIpc) is 3.08. The summed E-state index contributed by atoms with van der Waals surface area (Å²) in [7, 11) is 0. The first-order chi connectivity index (χ1) is 12.6. The summed E-state index contributed by atoms with van der Waals surface area (Å²) in [4.78, 5) is 19.4. The zero-order valence-corrected chi connectivity index (χ0v) is 16.7. The highest BCUT2D eigenvalue weighted by atomic mass is 32.1. The quantitative estimate of drug-likeness (QED) is 0.694. The third kappa shape index (κ3) is 2.68. The molecular formula is C23H27NOS. The molecule has 0 radical (unpaired) electrons. The number of rotatable bonds is 4. The Labute approximate surface area is 160 Å². The fourth-order valence-corrected chi connectivity index (χ4v) is 6.33. The Morgan fingerprint density at radius 1 is 1.23 bits per heavy atom. The predicted octanol–water partition coefficient (Wildman–Crippen LogP) is 5.72. The maximum Gasteiger partial charge on any atom is 0.160 e. The summed E-state index contributed by atoms with van der Waals surface area (Å²) in [5.74, 6) is 1.51. The summed E-state index contributed by atoms with van der Waals surface area (Å²) >= 11 is 1.72. The molecule has 2 atom stereocenters. The van der Waals surface area contributed by atoms with Crippen molar-refractivity contribution in [1.29, 1.82) is 0 Å². The molecule has 0 fully saturated rings. The summed E-state index contributed by atoms with van der Waals surface area (Å²) in [6.07, 6.45) is 4.68. The first kappa shape index (κ1) is 17.7. The number of allylic oxidation sites excluding steroid dienone is 2. The van der Waals surface area contributed by atoms with Gasteiger partial charge in [-0.25, -0.2) is 4.98 Å². The zero-order chi connectivity index (χ0) is 18.3. The first-order valence-corrected chi connectivity index (χ1v) is 10.7. The number of aromatic nitrogens is 1. The molecule has 2 nitrogen and oxygen atoms in total. The van der Waals surface area contributed by atoms with Crippen molar-refractivity contribution in [2.45, 2.75) is 58.3 Å². The van der Waals surface area contributed by atoms with Crippen molar-refractivity contribution in [2.75, 3.05) is 0 Å². The van der Waals surface area contributed by atoms with Crippen LogP contribution in [0.15, 0.2) is 47.0 Å². The third-order valence-electron chi connectivity index (χ3n) is 6.08. The lowest BCUT2D eigenvalue weighted by atomic mass is 9.60. The second-order valence-electron chi connectivity index (χ2n) is 8.24. The largest absolute Gasteiger partial charge is 0.294 e. The van der Waals surface area contributed by atoms with Gasteiger partial charge in [0.2, 0.25) is 0 Å². The predicted molar refractivity (Wildman–Crippen MR) is 108 cm³/mol. The van der Waals surface area contributed by atoms with Crippen LogP contribution in [0.1, 0.15) is 62.6 Å². The van der Waals surface area contributed by atoms with Gasteiger partial charge in [0.05, 0.1) is 16.6 Å². The van der Waals surface area contributed by atoms with Crippen LogP contribution in [0.3, 0.4) is 0 Å². The number of fused-ring (bicyclic) bond motifs is 1. The van der Waals surface area contributed by atoms with E-state index in [2.05, 4.69) is 51.1 Å². The summed E-state index contributed by atoms with van der Waals surface area (Å²) < 4.78 is 0. The van der Waals surface area contributed by atoms with Gasteiger partial charge in [-0.05, 0) is 36.7 Å². The zero-order valence-electron chi connectivity index (χ0n) is 15.9. The van der Waals surface area contributed by atoms with Crippen molar-refractivity contribution in [2.24, 2.45) is 11.8 Å². The van der Waals surface area contributed by atoms with Gasteiger partial charge in [0, 0.05) is 23.3 Å². The fourth-order valence-electron chi connectivity index (χ4n) is 5.22. The molecule has 0 bridgehead atoms. The van der Waals surface area contributed by atoms with Gasteiger partial charge in [-0.3, -0.25) is 4.79 Å².